The first kappa shape index (κ1) is 16.3. The zero-order valence-corrected chi connectivity index (χ0v) is 14.0. The highest BCUT2D eigenvalue weighted by atomic mass is 35.5. The molecular formula is C15H14ClFN6O. The Balaban J connectivity index is 2.22. The van der Waals surface area contributed by atoms with Gasteiger partial charge in [0.25, 0.3) is 0 Å². The second-order valence-corrected chi connectivity index (χ2v) is 5.99. The molecule has 0 radical (unpaired) electrons. The normalized spacial score (nSPS) is 11.2. The van der Waals surface area contributed by atoms with E-state index in [1.165, 1.54) is 19.3 Å². The van der Waals surface area contributed by atoms with Crippen LogP contribution in [0.4, 0.5) is 10.2 Å². The summed E-state index contributed by atoms with van der Waals surface area (Å²) in [6.07, 6.45) is 1.40. The maximum absolute atomic E-state index is 14.4. The van der Waals surface area contributed by atoms with Crippen molar-refractivity contribution in [2.75, 3.05) is 12.1 Å². The fourth-order valence-electron chi connectivity index (χ4n) is 2.40. The Kier molecular flexibility index (Phi) is 4.15. The number of fused-ring (bicyclic) bond motifs is 1. The number of rotatable bonds is 4. The summed E-state index contributed by atoms with van der Waals surface area (Å²) >= 11 is 6.21. The lowest BCUT2D eigenvalue weighted by atomic mass is 10.1. The first-order valence-electron chi connectivity index (χ1n) is 7.19. The number of aromatic nitrogens is 4. The molecule has 0 spiro atoms. The van der Waals surface area contributed by atoms with Crippen LogP contribution in [0.2, 0.25) is 5.02 Å². The highest BCUT2D eigenvalue weighted by Crippen LogP contribution is 2.33. The average molecular weight is 349 g/mol. The second-order valence-electron chi connectivity index (χ2n) is 5.58. The van der Waals surface area contributed by atoms with Crippen molar-refractivity contribution in [2.24, 2.45) is 5.29 Å². The summed E-state index contributed by atoms with van der Waals surface area (Å²) in [6, 6.07) is 4.70. The molecule has 2 heterocycles. The van der Waals surface area contributed by atoms with Gasteiger partial charge in [0.05, 0.1) is 15.8 Å². The maximum Gasteiger partial charge on any atom is 0.153 e. The van der Waals surface area contributed by atoms with E-state index in [-0.39, 0.29) is 11.6 Å². The standard InChI is InChI=1S/C15H14ClFN6O/c1-8(2)23-13-5-9(4-12(17)15(13)19-20-23)10-6-14(22(3)21-24)18-7-11(10)16/h4-8H,1-3H3. The Morgan fingerprint density at radius 3 is 2.75 bits per heavy atom. The van der Waals surface area contributed by atoms with Crippen molar-refractivity contribution in [3.8, 4) is 11.1 Å². The van der Waals surface area contributed by atoms with Gasteiger partial charge in [0.15, 0.2) is 11.6 Å². The van der Waals surface area contributed by atoms with Gasteiger partial charge in [-0.05, 0) is 37.6 Å². The molecule has 0 saturated carbocycles. The van der Waals surface area contributed by atoms with Crippen LogP contribution < -0.4 is 5.01 Å². The molecule has 7 nitrogen and oxygen atoms in total. The third-order valence-corrected chi connectivity index (χ3v) is 3.93. The van der Waals surface area contributed by atoms with E-state index < -0.39 is 5.82 Å². The van der Waals surface area contributed by atoms with Crippen LogP contribution >= 0.6 is 11.6 Å². The molecule has 0 aliphatic heterocycles. The molecule has 9 heteroatoms. The summed E-state index contributed by atoms with van der Waals surface area (Å²) in [7, 11) is 1.47. The van der Waals surface area contributed by atoms with E-state index in [4.69, 9.17) is 11.6 Å². The Bertz CT molecular complexity index is 926. The van der Waals surface area contributed by atoms with Gasteiger partial charge in [-0.25, -0.2) is 19.1 Å². The topological polar surface area (TPSA) is 76.3 Å². The third-order valence-electron chi connectivity index (χ3n) is 3.63. The number of nitrogens with zero attached hydrogens (tertiary/aromatic N) is 6. The van der Waals surface area contributed by atoms with Crippen molar-refractivity contribution in [3.05, 3.63) is 40.1 Å². The quantitative estimate of drug-likeness (QED) is 0.526. The monoisotopic (exact) mass is 348 g/mol. The average Bonchev–Trinajstić information content (AvgIpc) is 2.99. The van der Waals surface area contributed by atoms with Gasteiger partial charge in [0.1, 0.15) is 5.52 Å². The van der Waals surface area contributed by atoms with E-state index in [0.717, 1.165) is 5.01 Å². The summed E-state index contributed by atoms with van der Waals surface area (Å²) in [5, 5.41) is 12.1. The number of benzene rings is 1. The molecule has 1 aromatic carbocycles. The SMILES string of the molecule is CC(C)n1nnc2c(F)cc(-c3cc(N(C)N=O)ncc3Cl)cc21. The minimum Gasteiger partial charge on any atom is -0.242 e. The molecule has 0 amide bonds. The smallest absolute Gasteiger partial charge is 0.153 e. The molecule has 24 heavy (non-hydrogen) atoms. The van der Waals surface area contributed by atoms with Gasteiger partial charge >= 0.3 is 0 Å². The van der Waals surface area contributed by atoms with E-state index in [1.807, 2.05) is 13.8 Å². The van der Waals surface area contributed by atoms with E-state index in [9.17, 15) is 9.30 Å². The Hall–Kier alpha value is -2.61. The molecule has 0 aliphatic rings. The van der Waals surface area contributed by atoms with Crippen LogP contribution in [0.25, 0.3) is 22.2 Å². The second kappa shape index (κ2) is 6.12. The lowest BCUT2D eigenvalue weighted by molar-refractivity contribution is 0.530. The zero-order chi connectivity index (χ0) is 17.4. The highest BCUT2D eigenvalue weighted by molar-refractivity contribution is 6.33. The van der Waals surface area contributed by atoms with Crippen LogP contribution in [0, 0.1) is 10.7 Å². The molecule has 124 valence electrons. The number of anilines is 1. The number of hydrogen-bond acceptors (Lipinski definition) is 5. The number of hydrogen-bond donors (Lipinski definition) is 0. The maximum atomic E-state index is 14.4. The van der Waals surface area contributed by atoms with Gasteiger partial charge in [-0.1, -0.05) is 16.8 Å². The van der Waals surface area contributed by atoms with Crippen molar-refractivity contribution < 1.29 is 4.39 Å². The number of halogens is 2. The summed E-state index contributed by atoms with van der Waals surface area (Å²) in [5.74, 6) is -0.189. The molecule has 0 unspecified atom stereocenters. The zero-order valence-electron chi connectivity index (χ0n) is 13.2. The molecule has 0 N–H and O–H groups in total. The van der Waals surface area contributed by atoms with Gasteiger partial charge in [-0.15, -0.1) is 10.0 Å². The molecule has 3 aromatic rings. The molecule has 0 aliphatic carbocycles. The molecule has 0 atom stereocenters. The summed E-state index contributed by atoms with van der Waals surface area (Å²) in [4.78, 5) is 14.7. The van der Waals surface area contributed by atoms with Gasteiger partial charge < -0.3 is 0 Å². The van der Waals surface area contributed by atoms with Crippen molar-refractivity contribution in [2.45, 2.75) is 19.9 Å². The summed E-state index contributed by atoms with van der Waals surface area (Å²) in [6.45, 7) is 3.86. The van der Waals surface area contributed by atoms with Crippen LogP contribution in [0.5, 0.6) is 0 Å². The Labute approximate surface area is 142 Å². The molecule has 2 aromatic heterocycles. The van der Waals surface area contributed by atoms with Gasteiger partial charge in [-0.2, -0.15) is 0 Å². The van der Waals surface area contributed by atoms with E-state index in [1.54, 1.807) is 16.8 Å². The van der Waals surface area contributed by atoms with Crippen LogP contribution in [-0.2, 0) is 0 Å². The Morgan fingerprint density at radius 2 is 2.08 bits per heavy atom. The lowest BCUT2D eigenvalue weighted by Gasteiger charge is -2.12. The minimum atomic E-state index is -0.495. The van der Waals surface area contributed by atoms with Crippen LogP contribution in [-0.4, -0.2) is 27.0 Å². The summed E-state index contributed by atoms with van der Waals surface area (Å²) < 4.78 is 16.0. The van der Waals surface area contributed by atoms with Gasteiger partial charge in [-0.3, -0.25) is 0 Å². The van der Waals surface area contributed by atoms with E-state index >= 15 is 0 Å². The van der Waals surface area contributed by atoms with E-state index in [0.29, 0.717) is 27.5 Å². The molecule has 0 fully saturated rings. The van der Waals surface area contributed by atoms with Crippen molar-refractivity contribution in [1.82, 2.24) is 20.0 Å². The fourth-order valence-corrected chi connectivity index (χ4v) is 2.62. The highest BCUT2D eigenvalue weighted by Gasteiger charge is 2.16. The Morgan fingerprint density at radius 1 is 1.33 bits per heavy atom. The predicted octanol–water partition coefficient (Wildman–Crippen LogP) is 3.98. The first-order chi connectivity index (χ1) is 11.4. The molecule has 0 bridgehead atoms. The van der Waals surface area contributed by atoms with Gasteiger partial charge in [0.2, 0.25) is 0 Å². The first-order valence-corrected chi connectivity index (χ1v) is 7.57. The van der Waals surface area contributed by atoms with E-state index in [2.05, 4.69) is 20.6 Å². The minimum absolute atomic E-state index is 0.0264. The van der Waals surface area contributed by atoms with Crippen molar-refractivity contribution in [3.63, 3.8) is 0 Å². The van der Waals surface area contributed by atoms with Crippen molar-refractivity contribution >= 4 is 28.5 Å². The molecular weight excluding hydrogens is 335 g/mol. The van der Waals surface area contributed by atoms with Gasteiger partial charge in [0, 0.05) is 24.8 Å². The lowest BCUT2D eigenvalue weighted by Crippen LogP contribution is -2.08. The largest absolute Gasteiger partial charge is 0.242 e. The molecule has 3 rings (SSSR count). The van der Waals surface area contributed by atoms with Crippen molar-refractivity contribution in [1.29, 1.82) is 0 Å². The van der Waals surface area contributed by atoms with Crippen LogP contribution in [0.1, 0.15) is 19.9 Å². The van der Waals surface area contributed by atoms with Crippen LogP contribution in [0.15, 0.2) is 29.7 Å². The number of nitroso groups, excluding NO2 is 1. The molecule has 0 saturated heterocycles. The predicted molar refractivity (Wildman–Crippen MR) is 90.3 cm³/mol. The third kappa shape index (κ3) is 2.69. The fraction of sp³-hybridized carbons (Fsp3) is 0.267. The number of pyridine rings is 1. The summed E-state index contributed by atoms with van der Waals surface area (Å²) in [5.41, 5.74) is 1.84. The van der Waals surface area contributed by atoms with Crippen LogP contribution in [0.3, 0.4) is 0 Å².